The minimum atomic E-state index is -0.452. The summed E-state index contributed by atoms with van der Waals surface area (Å²) < 4.78 is 0. The Kier molecular flexibility index (Phi) is 3.33. The Morgan fingerprint density at radius 1 is 1.17 bits per heavy atom. The van der Waals surface area contributed by atoms with Crippen molar-refractivity contribution in [2.75, 3.05) is 13.1 Å². The lowest BCUT2D eigenvalue weighted by Crippen LogP contribution is -2.58. The Hall–Kier alpha value is -2.69. The van der Waals surface area contributed by atoms with Gasteiger partial charge >= 0.3 is 0 Å². The average molecular weight is 307 g/mol. The topological polar surface area (TPSA) is 62.3 Å². The number of fused-ring (bicyclic) bond motifs is 1. The summed E-state index contributed by atoms with van der Waals surface area (Å²) in [6.07, 6.45) is 4.17. The quantitative estimate of drug-likeness (QED) is 0.911. The van der Waals surface area contributed by atoms with Gasteiger partial charge in [-0.05, 0) is 23.3 Å². The number of aromatic nitrogens is 1. The highest BCUT2D eigenvalue weighted by Crippen LogP contribution is 2.28. The molecule has 4 rings (SSSR count). The van der Waals surface area contributed by atoms with Crippen molar-refractivity contribution in [2.24, 2.45) is 0 Å². The van der Waals surface area contributed by atoms with E-state index in [0.717, 1.165) is 11.1 Å². The first-order chi connectivity index (χ1) is 11.2. The van der Waals surface area contributed by atoms with E-state index in [1.54, 1.807) is 12.3 Å². The number of carbonyl (C=O) groups is 2. The van der Waals surface area contributed by atoms with E-state index >= 15 is 0 Å². The van der Waals surface area contributed by atoms with Crippen LogP contribution >= 0.6 is 0 Å². The summed E-state index contributed by atoms with van der Waals surface area (Å²) in [4.78, 5) is 30.7. The first-order valence-corrected chi connectivity index (χ1v) is 7.80. The van der Waals surface area contributed by atoms with Gasteiger partial charge in [-0.3, -0.25) is 14.6 Å². The molecule has 0 radical (unpaired) electrons. The second-order valence-electron chi connectivity index (χ2n) is 6.11. The van der Waals surface area contributed by atoms with Crippen LogP contribution in [0.2, 0.25) is 0 Å². The van der Waals surface area contributed by atoms with Gasteiger partial charge in [0.15, 0.2) is 0 Å². The van der Waals surface area contributed by atoms with Gasteiger partial charge in [-0.15, -0.1) is 0 Å². The minimum Gasteiger partial charge on any atom is -0.340 e. The predicted molar refractivity (Wildman–Crippen MR) is 85.0 cm³/mol. The lowest BCUT2D eigenvalue weighted by atomic mass is 9.90. The highest BCUT2D eigenvalue weighted by atomic mass is 16.2. The molecule has 1 N–H and O–H groups in total. The maximum Gasteiger partial charge on any atom is 0.252 e. The monoisotopic (exact) mass is 307 g/mol. The number of hydrogen-bond acceptors (Lipinski definition) is 3. The molecule has 1 unspecified atom stereocenters. The van der Waals surface area contributed by atoms with Crippen LogP contribution in [0.3, 0.4) is 0 Å². The number of pyridine rings is 1. The van der Waals surface area contributed by atoms with Crippen LogP contribution in [0, 0.1) is 0 Å². The Balaban J connectivity index is 1.43. The first kappa shape index (κ1) is 13.9. The summed E-state index contributed by atoms with van der Waals surface area (Å²) in [6, 6.07) is 11.0. The number of hydrogen-bond donors (Lipinski definition) is 1. The molecule has 2 aliphatic rings. The summed E-state index contributed by atoms with van der Waals surface area (Å²) in [5.74, 6) is 0.196. The predicted octanol–water partition coefficient (Wildman–Crippen LogP) is 1.36. The third kappa shape index (κ3) is 2.48. The van der Waals surface area contributed by atoms with E-state index in [0.29, 0.717) is 31.0 Å². The standard InChI is InChI=1S/C18H17N3O2/c22-17-15-6-2-1-4-12(15)8-16(20-17)18(23)21-10-14(11-21)13-5-3-7-19-9-13/h1-7,9,14,16H,8,10-11H2,(H,20,22). The average Bonchev–Trinajstić information content (AvgIpc) is 2.54. The first-order valence-electron chi connectivity index (χ1n) is 7.80. The van der Waals surface area contributed by atoms with Crippen molar-refractivity contribution in [1.82, 2.24) is 15.2 Å². The van der Waals surface area contributed by atoms with Gasteiger partial charge in [-0.25, -0.2) is 0 Å². The third-order valence-corrected chi connectivity index (χ3v) is 4.64. The Labute approximate surface area is 134 Å². The zero-order valence-electron chi connectivity index (χ0n) is 12.6. The van der Waals surface area contributed by atoms with Gasteiger partial charge < -0.3 is 10.2 Å². The summed E-state index contributed by atoms with van der Waals surface area (Å²) in [6.45, 7) is 1.39. The summed E-state index contributed by atoms with van der Waals surface area (Å²) in [7, 11) is 0. The molecule has 2 aliphatic heterocycles. The molecule has 1 atom stereocenters. The summed E-state index contributed by atoms with van der Waals surface area (Å²) in [5.41, 5.74) is 2.78. The van der Waals surface area contributed by atoms with Crippen molar-refractivity contribution in [3.63, 3.8) is 0 Å². The van der Waals surface area contributed by atoms with Crippen LogP contribution in [-0.2, 0) is 11.2 Å². The van der Waals surface area contributed by atoms with Gasteiger partial charge in [0, 0.05) is 43.4 Å². The Morgan fingerprint density at radius 3 is 2.78 bits per heavy atom. The molecule has 1 saturated heterocycles. The third-order valence-electron chi connectivity index (χ3n) is 4.64. The van der Waals surface area contributed by atoms with Crippen LogP contribution in [0.1, 0.15) is 27.4 Å². The largest absolute Gasteiger partial charge is 0.340 e. The number of likely N-dealkylation sites (tertiary alicyclic amines) is 1. The van der Waals surface area contributed by atoms with Crippen molar-refractivity contribution in [2.45, 2.75) is 18.4 Å². The molecule has 2 amide bonds. The number of nitrogens with one attached hydrogen (secondary N) is 1. The van der Waals surface area contributed by atoms with Crippen molar-refractivity contribution in [1.29, 1.82) is 0 Å². The number of rotatable bonds is 2. The molecule has 23 heavy (non-hydrogen) atoms. The van der Waals surface area contributed by atoms with Crippen LogP contribution < -0.4 is 5.32 Å². The van der Waals surface area contributed by atoms with E-state index in [4.69, 9.17) is 0 Å². The maximum atomic E-state index is 12.6. The van der Waals surface area contributed by atoms with E-state index in [1.165, 1.54) is 0 Å². The molecule has 5 nitrogen and oxygen atoms in total. The minimum absolute atomic E-state index is 0.00740. The zero-order chi connectivity index (χ0) is 15.8. The Bertz CT molecular complexity index is 754. The molecular formula is C18H17N3O2. The van der Waals surface area contributed by atoms with Gasteiger partial charge in [0.2, 0.25) is 5.91 Å². The molecule has 0 bridgehead atoms. The fraction of sp³-hybridized carbons (Fsp3) is 0.278. The van der Waals surface area contributed by atoms with Gasteiger partial charge in [-0.1, -0.05) is 24.3 Å². The molecule has 5 heteroatoms. The number of carbonyl (C=O) groups excluding carboxylic acids is 2. The second kappa shape index (κ2) is 5.50. The van der Waals surface area contributed by atoms with Gasteiger partial charge in [0.1, 0.15) is 6.04 Å². The van der Waals surface area contributed by atoms with Crippen LogP contribution in [0.4, 0.5) is 0 Å². The van der Waals surface area contributed by atoms with Crippen LogP contribution in [0.15, 0.2) is 48.8 Å². The molecule has 1 aromatic heterocycles. The van der Waals surface area contributed by atoms with Crippen LogP contribution in [0.5, 0.6) is 0 Å². The highest BCUT2D eigenvalue weighted by Gasteiger charge is 2.37. The summed E-state index contributed by atoms with van der Waals surface area (Å²) in [5, 5.41) is 2.83. The van der Waals surface area contributed by atoms with E-state index in [1.807, 2.05) is 41.4 Å². The summed E-state index contributed by atoms with van der Waals surface area (Å²) >= 11 is 0. The normalized spacial score (nSPS) is 20.4. The van der Waals surface area contributed by atoms with E-state index in [-0.39, 0.29) is 11.8 Å². The molecule has 0 aliphatic carbocycles. The van der Waals surface area contributed by atoms with Crippen molar-refractivity contribution >= 4 is 11.8 Å². The Morgan fingerprint density at radius 2 is 2.00 bits per heavy atom. The smallest absolute Gasteiger partial charge is 0.252 e. The maximum absolute atomic E-state index is 12.6. The molecule has 0 spiro atoms. The lowest BCUT2D eigenvalue weighted by molar-refractivity contribution is -0.137. The molecule has 2 aromatic rings. The second-order valence-corrected chi connectivity index (χ2v) is 6.11. The number of nitrogens with zero attached hydrogens (tertiary/aromatic N) is 2. The molecule has 1 fully saturated rings. The SMILES string of the molecule is O=C1NC(C(=O)N2CC(c3cccnc3)C2)Cc2ccccc21. The van der Waals surface area contributed by atoms with Crippen molar-refractivity contribution in [3.8, 4) is 0 Å². The lowest BCUT2D eigenvalue weighted by Gasteiger charge is -2.42. The van der Waals surface area contributed by atoms with E-state index < -0.39 is 6.04 Å². The molecule has 3 heterocycles. The molecule has 0 saturated carbocycles. The number of benzene rings is 1. The van der Waals surface area contributed by atoms with Crippen LogP contribution in [-0.4, -0.2) is 40.8 Å². The highest BCUT2D eigenvalue weighted by molar-refractivity contribution is 6.00. The van der Waals surface area contributed by atoms with E-state index in [2.05, 4.69) is 10.3 Å². The van der Waals surface area contributed by atoms with Gasteiger partial charge in [-0.2, -0.15) is 0 Å². The van der Waals surface area contributed by atoms with Crippen molar-refractivity contribution < 1.29 is 9.59 Å². The van der Waals surface area contributed by atoms with Gasteiger partial charge in [0.25, 0.3) is 5.91 Å². The van der Waals surface area contributed by atoms with E-state index in [9.17, 15) is 9.59 Å². The molecule has 1 aromatic carbocycles. The number of amides is 2. The molecule has 116 valence electrons. The fourth-order valence-corrected chi connectivity index (χ4v) is 3.28. The fourth-order valence-electron chi connectivity index (χ4n) is 3.28. The zero-order valence-corrected chi connectivity index (χ0v) is 12.6. The van der Waals surface area contributed by atoms with Crippen LogP contribution in [0.25, 0.3) is 0 Å². The van der Waals surface area contributed by atoms with Gasteiger partial charge in [0.05, 0.1) is 0 Å². The van der Waals surface area contributed by atoms with Crippen molar-refractivity contribution in [3.05, 3.63) is 65.5 Å². The molecular weight excluding hydrogens is 290 g/mol.